The minimum Gasteiger partial charge on any atom is -0.455 e. The number of carbonyl (C=O) groups is 2. The molecular formula is C18H26N2O3S. The van der Waals surface area contributed by atoms with E-state index in [1.54, 1.807) is 17.8 Å². The lowest BCUT2D eigenvalue weighted by molar-refractivity contribution is -0.127. The quantitative estimate of drug-likeness (QED) is 0.791. The first kappa shape index (κ1) is 17.4. The van der Waals surface area contributed by atoms with Gasteiger partial charge in [0.15, 0.2) is 5.76 Å². The van der Waals surface area contributed by atoms with Crippen LogP contribution in [0.4, 0.5) is 0 Å². The monoisotopic (exact) mass is 350 g/mol. The van der Waals surface area contributed by atoms with E-state index < -0.39 is 0 Å². The van der Waals surface area contributed by atoms with Crippen LogP contribution in [0, 0.1) is 5.92 Å². The number of hydrogen-bond donors (Lipinski definition) is 0. The molecule has 2 fully saturated rings. The van der Waals surface area contributed by atoms with Crippen molar-refractivity contribution in [3.05, 3.63) is 23.7 Å². The van der Waals surface area contributed by atoms with E-state index in [4.69, 9.17) is 4.42 Å². The molecule has 2 aliphatic rings. The van der Waals surface area contributed by atoms with E-state index in [-0.39, 0.29) is 5.91 Å². The van der Waals surface area contributed by atoms with Gasteiger partial charge in [0.05, 0.1) is 5.75 Å². The second kappa shape index (κ2) is 8.10. The maximum Gasteiger partial charge on any atom is 0.289 e. The largest absolute Gasteiger partial charge is 0.455 e. The van der Waals surface area contributed by atoms with Crippen molar-refractivity contribution in [3.63, 3.8) is 0 Å². The molecule has 3 heterocycles. The Morgan fingerprint density at radius 2 is 2.08 bits per heavy atom. The number of thioether (sulfide) groups is 1. The van der Waals surface area contributed by atoms with E-state index >= 15 is 0 Å². The highest BCUT2D eigenvalue weighted by molar-refractivity contribution is 7.97. The van der Waals surface area contributed by atoms with E-state index in [9.17, 15) is 9.59 Å². The van der Waals surface area contributed by atoms with Gasteiger partial charge in [0.2, 0.25) is 5.91 Å². The van der Waals surface area contributed by atoms with Gasteiger partial charge in [-0.3, -0.25) is 9.59 Å². The van der Waals surface area contributed by atoms with Crippen LogP contribution in [0.15, 0.2) is 16.5 Å². The number of amides is 2. The fourth-order valence-corrected chi connectivity index (χ4v) is 4.01. The van der Waals surface area contributed by atoms with Gasteiger partial charge in [0.1, 0.15) is 5.76 Å². The molecule has 0 saturated carbocycles. The summed E-state index contributed by atoms with van der Waals surface area (Å²) in [5, 5.41) is 0. The molecule has 0 atom stereocenters. The summed E-state index contributed by atoms with van der Waals surface area (Å²) in [7, 11) is 0. The highest BCUT2D eigenvalue weighted by Gasteiger charge is 2.27. The number of hydrogen-bond acceptors (Lipinski definition) is 4. The van der Waals surface area contributed by atoms with Crippen molar-refractivity contribution < 1.29 is 14.0 Å². The molecule has 2 amide bonds. The molecule has 0 aromatic carbocycles. The van der Waals surface area contributed by atoms with E-state index in [1.807, 2.05) is 22.1 Å². The maximum atomic E-state index is 12.5. The smallest absolute Gasteiger partial charge is 0.289 e. The fourth-order valence-electron chi connectivity index (χ4n) is 3.57. The molecule has 2 saturated heterocycles. The summed E-state index contributed by atoms with van der Waals surface area (Å²) in [6.07, 6.45) is 6.84. The minimum absolute atomic E-state index is 0.00974. The van der Waals surface area contributed by atoms with Crippen LogP contribution < -0.4 is 0 Å². The van der Waals surface area contributed by atoms with Gasteiger partial charge in [0.25, 0.3) is 5.91 Å². The summed E-state index contributed by atoms with van der Waals surface area (Å²) < 4.78 is 5.64. The van der Waals surface area contributed by atoms with E-state index in [1.165, 1.54) is 0 Å². The molecule has 0 spiro atoms. The van der Waals surface area contributed by atoms with Crippen molar-refractivity contribution in [2.75, 3.05) is 32.4 Å². The molecule has 1 aromatic rings. The molecule has 6 heteroatoms. The Hall–Kier alpha value is -1.43. The third-order valence-corrected chi connectivity index (χ3v) is 5.61. The van der Waals surface area contributed by atoms with E-state index in [2.05, 4.69) is 0 Å². The molecule has 132 valence electrons. The molecule has 24 heavy (non-hydrogen) atoms. The van der Waals surface area contributed by atoms with Gasteiger partial charge in [-0.25, -0.2) is 0 Å². The first-order valence-corrected chi connectivity index (χ1v) is 10.2. The molecule has 2 aliphatic heterocycles. The first-order valence-electron chi connectivity index (χ1n) is 8.82. The third-order valence-electron chi connectivity index (χ3n) is 5.04. The standard InChI is InChI=1S/C18H26N2O3S/c1-24-13-15-4-5-16(23-15)18(22)20-11-7-14(8-12-20)6-10-19-9-2-3-17(19)21/h4-5,14H,2-3,6-13H2,1H3. The number of piperidine rings is 1. The lowest BCUT2D eigenvalue weighted by Gasteiger charge is -2.32. The van der Waals surface area contributed by atoms with Crippen molar-refractivity contribution in [1.29, 1.82) is 0 Å². The van der Waals surface area contributed by atoms with Crippen LogP contribution in [-0.2, 0) is 10.5 Å². The topological polar surface area (TPSA) is 53.8 Å². The lowest BCUT2D eigenvalue weighted by Crippen LogP contribution is -2.39. The Kier molecular flexibility index (Phi) is 5.87. The maximum absolute atomic E-state index is 12.5. The molecule has 3 rings (SSSR count). The van der Waals surface area contributed by atoms with Crippen LogP contribution in [0.25, 0.3) is 0 Å². The van der Waals surface area contributed by atoms with Gasteiger partial charge in [-0.15, -0.1) is 0 Å². The van der Waals surface area contributed by atoms with Crippen LogP contribution in [-0.4, -0.2) is 54.0 Å². The molecule has 5 nitrogen and oxygen atoms in total. The van der Waals surface area contributed by atoms with Gasteiger partial charge in [0, 0.05) is 32.6 Å². The van der Waals surface area contributed by atoms with E-state index in [0.29, 0.717) is 24.0 Å². The normalized spacial score (nSPS) is 19.3. The highest BCUT2D eigenvalue weighted by atomic mass is 32.2. The van der Waals surface area contributed by atoms with Crippen molar-refractivity contribution in [2.45, 2.75) is 37.9 Å². The molecule has 0 bridgehead atoms. The average Bonchev–Trinajstić information content (AvgIpc) is 3.22. The second-order valence-corrected chi connectivity index (χ2v) is 7.57. The van der Waals surface area contributed by atoms with Crippen molar-refractivity contribution in [3.8, 4) is 0 Å². The Morgan fingerprint density at radius 3 is 2.75 bits per heavy atom. The van der Waals surface area contributed by atoms with Gasteiger partial charge in [-0.1, -0.05) is 0 Å². The summed E-state index contributed by atoms with van der Waals surface area (Å²) in [5.74, 6) is 3.05. The first-order chi connectivity index (χ1) is 11.7. The average molecular weight is 350 g/mol. The van der Waals surface area contributed by atoms with Crippen LogP contribution in [0.3, 0.4) is 0 Å². The van der Waals surface area contributed by atoms with Crippen LogP contribution in [0.5, 0.6) is 0 Å². The lowest BCUT2D eigenvalue weighted by atomic mass is 9.93. The summed E-state index contributed by atoms with van der Waals surface area (Å²) in [4.78, 5) is 28.1. The number of likely N-dealkylation sites (tertiary alicyclic amines) is 2. The number of carbonyl (C=O) groups excluding carboxylic acids is 2. The second-order valence-electron chi connectivity index (χ2n) is 6.71. The van der Waals surface area contributed by atoms with Gasteiger partial charge >= 0.3 is 0 Å². The number of furan rings is 1. The van der Waals surface area contributed by atoms with Crippen molar-refractivity contribution in [1.82, 2.24) is 9.80 Å². The SMILES string of the molecule is CSCc1ccc(C(=O)N2CCC(CCN3CCCC3=O)CC2)o1. The minimum atomic E-state index is 0.00974. The van der Waals surface area contributed by atoms with Crippen LogP contribution in [0.1, 0.15) is 48.4 Å². The zero-order chi connectivity index (χ0) is 16.9. The summed E-state index contributed by atoms with van der Waals surface area (Å²) in [6.45, 7) is 3.38. The highest BCUT2D eigenvalue weighted by Crippen LogP contribution is 2.24. The Morgan fingerprint density at radius 1 is 1.29 bits per heavy atom. The summed E-state index contributed by atoms with van der Waals surface area (Å²) >= 11 is 1.69. The molecule has 0 unspecified atom stereocenters. The Labute approximate surface area is 147 Å². The Balaban J connectivity index is 1.44. The molecule has 0 aliphatic carbocycles. The zero-order valence-electron chi connectivity index (χ0n) is 14.3. The molecule has 1 aromatic heterocycles. The van der Waals surface area contributed by atoms with Crippen LogP contribution in [0.2, 0.25) is 0 Å². The summed E-state index contributed by atoms with van der Waals surface area (Å²) in [6, 6.07) is 3.68. The molecular weight excluding hydrogens is 324 g/mol. The van der Waals surface area contributed by atoms with Gasteiger partial charge in [-0.2, -0.15) is 11.8 Å². The van der Waals surface area contributed by atoms with E-state index in [0.717, 1.165) is 63.4 Å². The summed E-state index contributed by atoms with van der Waals surface area (Å²) in [5.41, 5.74) is 0. The predicted octanol–water partition coefficient (Wildman–Crippen LogP) is 3.01. The molecule has 0 N–H and O–H groups in total. The fraction of sp³-hybridized carbons (Fsp3) is 0.667. The van der Waals surface area contributed by atoms with Crippen molar-refractivity contribution >= 4 is 23.6 Å². The van der Waals surface area contributed by atoms with Crippen LogP contribution >= 0.6 is 11.8 Å². The number of nitrogens with zero attached hydrogens (tertiary/aromatic N) is 2. The van der Waals surface area contributed by atoms with Gasteiger partial charge in [-0.05, 0) is 50.0 Å². The predicted molar refractivity (Wildman–Crippen MR) is 95.0 cm³/mol. The zero-order valence-corrected chi connectivity index (χ0v) is 15.1. The molecule has 0 radical (unpaired) electrons. The third kappa shape index (κ3) is 4.15. The Bertz CT molecular complexity index is 579. The van der Waals surface area contributed by atoms with Gasteiger partial charge < -0.3 is 14.2 Å². The number of rotatable bonds is 6. The van der Waals surface area contributed by atoms with Crippen molar-refractivity contribution in [2.24, 2.45) is 5.92 Å².